The third-order valence-electron chi connectivity index (χ3n) is 5.83. The number of hydrogen-bond acceptors (Lipinski definition) is 14. The van der Waals surface area contributed by atoms with E-state index < -0.39 is 29.5 Å². The highest BCUT2D eigenvalue weighted by molar-refractivity contribution is 5.52. The van der Waals surface area contributed by atoms with Crippen LogP contribution in [0.15, 0.2) is 36.4 Å². The van der Waals surface area contributed by atoms with Crippen LogP contribution in [-0.2, 0) is 13.1 Å². The third kappa shape index (κ3) is 7.07. The molecule has 0 amide bonds. The van der Waals surface area contributed by atoms with Crippen LogP contribution in [-0.4, -0.2) is 85.1 Å². The van der Waals surface area contributed by atoms with Gasteiger partial charge in [0.2, 0.25) is 11.7 Å². The van der Waals surface area contributed by atoms with Gasteiger partial charge in [0.1, 0.15) is 23.0 Å². The van der Waals surface area contributed by atoms with E-state index in [2.05, 4.69) is 14.7 Å². The van der Waals surface area contributed by atoms with Crippen molar-refractivity contribution >= 4 is 5.95 Å². The average Bonchev–Trinajstić information content (AvgIpc) is 2.96. The molecule has 0 spiro atoms. The van der Waals surface area contributed by atoms with E-state index in [1.165, 1.54) is 42.7 Å². The van der Waals surface area contributed by atoms with Crippen molar-refractivity contribution in [3.63, 3.8) is 0 Å². The Morgan fingerprint density at radius 2 is 1.12 bits per heavy atom. The van der Waals surface area contributed by atoms with Gasteiger partial charge < -0.3 is 58.5 Å². The summed E-state index contributed by atoms with van der Waals surface area (Å²) in [6.45, 7) is 0.305. The maximum absolute atomic E-state index is 13.6. The minimum Gasteiger partial charge on any atom is -0.497 e. The lowest BCUT2D eigenvalue weighted by atomic mass is 10.1. The number of methoxy groups -OCH3 is 6. The van der Waals surface area contributed by atoms with Gasteiger partial charge in [0, 0.05) is 36.3 Å². The molecule has 0 aliphatic heterocycles. The number of ether oxygens (including phenoxy) is 7. The molecule has 14 nitrogen and oxygen atoms in total. The van der Waals surface area contributed by atoms with E-state index in [4.69, 9.17) is 38.6 Å². The Balaban J connectivity index is 2.16. The fourth-order valence-electron chi connectivity index (χ4n) is 3.69. The normalized spacial score (nSPS) is 11.5. The molecule has 3 rings (SSSR count). The Bertz CT molecular complexity index is 1250. The summed E-state index contributed by atoms with van der Waals surface area (Å²) in [6, 6.07) is 5.90. The van der Waals surface area contributed by atoms with Gasteiger partial charge in [-0.15, -0.1) is 0 Å². The molecular weight excluding hydrogens is 549 g/mol. The molecule has 0 aliphatic rings. The number of benzene rings is 2. The second-order valence-electron chi connectivity index (χ2n) is 8.38. The quantitative estimate of drug-likeness (QED) is 0.201. The van der Waals surface area contributed by atoms with Gasteiger partial charge in [-0.2, -0.15) is 14.4 Å². The van der Waals surface area contributed by atoms with Crippen LogP contribution in [0.3, 0.4) is 0 Å². The summed E-state index contributed by atoms with van der Waals surface area (Å²) in [5.74, 6) is -3.61. The fraction of sp³-hybridized carbons (Fsp3) is 0.385. The Morgan fingerprint density at radius 1 is 0.683 bits per heavy atom. The number of alkyl halides is 1. The molecule has 0 unspecified atom stereocenters. The molecule has 2 aromatic carbocycles. The number of halogens is 1. The number of aromatic nitrogens is 2. The van der Waals surface area contributed by atoms with Gasteiger partial charge in [0.25, 0.3) is 11.8 Å². The standard InChI is InChI=1S/C26H32FN3O11/c1-35-17-9-7-15(19(11-17)37-3)13-30(14-16-8-10-18(36-2)12-20(16)38-4)24-28-22(39-5)21(23(29-24)40-6)41-26(33,34)25(27,31)32/h7-12,31-34H,13-14H2,1-6H3. The van der Waals surface area contributed by atoms with Crippen molar-refractivity contribution in [3.8, 4) is 40.5 Å². The van der Waals surface area contributed by atoms with Crippen LogP contribution in [0.1, 0.15) is 11.1 Å². The zero-order valence-corrected chi connectivity index (χ0v) is 23.2. The predicted octanol–water partition coefficient (Wildman–Crippen LogP) is 1.36. The molecule has 1 aromatic heterocycles. The molecule has 224 valence electrons. The van der Waals surface area contributed by atoms with Crippen LogP contribution in [0, 0.1) is 0 Å². The fourth-order valence-corrected chi connectivity index (χ4v) is 3.69. The lowest BCUT2D eigenvalue weighted by Gasteiger charge is -2.29. The van der Waals surface area contributed by atoms with Crippen molar-refractivity contribution in [2.45, 2.75) is 25.1 Å². The van der Waals surface area contributed by atoms with E-state index in [1.807, 2.05) is 0 Å². The summed E-state index contributed by atoms with van der Waals surface area (Å²) in [5.41, 5.74) is 1.41. The van der Waals surface area contributed by atoms with Crippen molar-refractivity contribution in [1.82, 2.24) is 9.97 Å². The first-order chi connectivity index (χ1) is 19.4. The highest BCUT2D eigenvalue weighted by Gasteiger charge is 2.53. The first kappa shape index (κ1) is 31.2. The molecule has 0 saturated heterocycles. The summed E-state index contributed by atoms with van der Waals surface area (Å²) >= 11 is 0. The molecule has 41 heavy (non-hydrogen) atoms. The maximum atomic E-state index is 13.6. The largest absolute Gasteiger partial charge is 0.497 e. The SMILES string of the molecule is COc1ccc(CN(Cc2ccc(OC)cc2OC)c2nc(OC)c(OC(O)(O)C(O)(O)F)c(OC)n2)c(OC)c1. The van der Waals surface area contributed by atoms with Crippen molar-refractivity contribution in [2.75, 3.05) is 47.6 Å². The average molecular weight is 582 g/mol. The maximum Gasteiger partial charge on any atom is 0.414 e. The van der Waals surface area contributed by atoms with Crippen LogP contribution in [0.5, 0.6) is 40.5 Å². The van der Waals surface area contributed by atoms with Crippen molar-refractivity contribution < 1.29 is 58.0 Å². The highest BCUT2D eigenvalue weighted by atomic mass is 19.2. The van der Waals surface area contributed by atoms with Gasteiger partial charge in [-0.25, -0.2) is 0 Å². The van der Waals surface area contributed by atoms with Gasteiger partial charge in [-0.1, -0.05) is 0 Å². The zero-order valence-electron chi connectivity index (χ0n) is 23.2. The van der Waals surface area contributed by atoms with Crippen molar-refractivity contribution in [2.24, 2.45) is 0 Å². The summed E-state index contributed by atoms with van der Waals surface area (Å²) < 4.78 is 50.4. The number of aliphatic hydroxyl groups is 4. The molecule has 0 fully saturated rings. The second-order valence-corrected chi connectivity index (χ2v) is 8.38. The summed E-state index contributed by atoms with van der Waals surface area (Å²) in [7, 11) is 8.40. The zero-order chi connectivity index (χ0) is 30.4. The van der Waals surface area contributed by atoms with E-state index in [0.29, 0.717) is 34.1 Å². The van der Waals surface area contributed by atoms with E-state index in [1.54, 1.807) is 41.3 Å². The molecular formula is C26H32FN3O11. The van der Waals surface area contributed by atoms with E-state index in [9.17, 15) is 14.6 Å². The molecule has 0 atom stereocenters. The second kappa shape index (κ2) is 12.9. The Hall–Kier alpha value is -4.31. The van der Waals surface area contributed by atoms with E-state index >= 15 is 0 Å². The van der Waals surface area contributed by atoms with Crippen LogP contribution in [0.2, 0.25) is 0 Å². The monoisotopic (exact) mass is 581 g/mol. The van der Waals surface area contributed by atoms with Crippen LogP contribution in [0.25, 0.3) is 0 Å². The highest BCUT2D eigenvalue weighted by Crippen LogP contribution is 2.40. The van der Waals surface area contributed by atoms with Gasteiger partial charge in [0.05, 0.1) is 42.7 Å². The minimum atomic E-state index is -4.58. The van der Waals surface area contributed by atoms with Crippen LogP contribution < -0.4 is 38.1 Å². The van der Waals surface area contributed by atoms with Crippen molar-refractivity contribution in [3.05, 3.63) is 47.5 Å². The topological polar surface area (TPSA) is 175 Å². The molecule has 15 heteroatoms. The lowest BCUT2D eigenvalue weighted by molar-refractivity contribution is -0.477. The number of hydrogen-bond donors (Lipinski definition) is 4. The number of rotatable bonds is 14. The van der Waals surface area contributed by atoms with Gasteiger partial charge in [-0.3, -0.25) is 0 Å². The Labute approximate surface area is 235 Å². The van der Waals surface area contributed by atoms with Crippen LogP contribution >= 0.6 is 0 Å². The molecule has 4 N–H and O–H groups in total. The number of anilines is 1. The summed E-state index contributed by atoms with van der Waals surface area (Å²) in [5, 5.41) is 37.6. The smallest absolute Gasteiger partial charge is 0.414 e. The van der Waals surface area contributed by atoms with Gasteiger partial charge in [0.15, 0.2) is 0 Å². The lowest BCUT2D eigenvalue weighted by Crippen LogP contribution is -2.55. The third-order valence-corrected chi connectivity index (χ3v) is 5.83. The van der Waals surface area contributed by atoms with Gasteiger partial charge >= 0.3 is 12.0 Å². The molecule has 0 aliphatic carbocycles. The minimum absolute atomic E-state index is 0.0113. The Kier molecular flexibility index (Phi) is 9.83. The molecule has 0 radical (unpaired) electrons. The van der Waals surface area contributed by atoms with Crippen LogP contribution in [0.4, 0.5) is 10.3 Å². The predicted molar refractivity (Wildman–Crippen MR) is 140 cm³/mol. The molecule has 0 saturated carbocycles. The molecule has 1 heterocycles. The first-order valence-electron chi connectivity index (χ1n) is 11.8. The molecule has 3 aromatic rings. The first-order valence-corrected chi connectivity index (χ1v) is 11.8. The van der Waals surface area contributed by atoms with Crippen molar-refractivity contribution in [1.29, 1.82) is 0 Å². The van der Waals surface area contributed by atoms with E-state index in [-0.39, 0.29) is 19.0 Å². The number of nitrogens with zero attached hydrogens (tertiary/aromatic N) is 3. The summed E-state index contributed by atoms with van der Waals surface area (Å²) in [4.78, 5) is 10.3. The van der Waals surface area contributed by atoms with E-state index in [0.717, 1.165) is 0 Å². The summed E-state index contributed by atoms with van der Waals surface area (Å²) in [6.07, 6.45) is 0. The Morgan fingerprint density at radius 3 is 1.46 bits per heavy atom. The molecule has 0 bridgehead atoms. The van der Waals surface area contributed by atoms with Gasteiger partial charge in [-0.05, 0) is 24.3 Å².